The summed E-state index contributed by atoms with van der Waals surface area (Å²) in [5, 5.41) is 0. The first-order valence-electron chi connectivity index (χ1n) is 7.81. The molecule has 0 heteroatoms. The maximum atomic E-state index is 2.29. The minimum Gasteiger partial charge on any atom is -0.0622 e. The standard InChI is InChI=1S/C22H22/c1-22(2,3)21-15-8-7-14-20(21)19-13-9-12-18(16-19)17-10-5-4-6-11-17/h4-16H,1-3H3. The molecule has 0 bridgehead atoms. The van der Waals surface area contributed by atoms with Crippen LogP contribution in [0.5, 0.6) is 0 Å². The van der Waals surface area contributed by atoms with Gasteiger partial charge in [0.15, 0.2) is 0 Å². The molecule has 0 aliphatic rings. The van der Waals surface area contributed by atoms with E-state index in [0.29, 0.717) is 0 Å². The number of benzene rings is 3. The summed E-state index contributed by atoms with van der Waals surface area (Å²) in [5.74, 6) is 0. The van der Waals surface area contributed by atoms with Crippen molar-refractivity contribution in [1.82, 2.24) is 0 Å². The Morgan fingerprint density at radius 2 is 1.14 bits per heavy atom. The number of rotatable bonds is 2. The van der Waals surface area contributed by atoms with Crippen molar-refractivity contribution < 1.29 is 0 Å². The molecule has 0 atom stereocenters. The van der Waals surface area contributed by atoms with E-state index in [0.717, 1.165) is 0 Å². The third-order valence-corrected chi connectivity index (χ3v) is 4.02. The van der Waals surface area contributed by atoms with Crippen molar-refractivity contribution >= 4 is 0 Å². The summed E-state index contributed by atoms with van der Waals surface area (Å²) in [4.78, 5) is 0. The molecule has 0 radical (unpaired) electrons. The highest BCUT2D eigenvalue weighted by Crippen LogP contribution is 2.34. The lowest BCUT2D eigenvalue weighted by Gasteiger charge is -2.23. The SMILES string of the molecule is CC(C)(C)c1ccccc1-c1cccc(-c2ccccc2)c1. The van der Waals surface area contributed by atoms with Crippen molar-refractivity contribution in [2.75, 3.05) is 0 Å². The predicted octanol–water partition coefficient (Wildman–Crippen LogP) is 6.32. The van der Waals surface area contributed by atoms with Gasteiger partial charge in [0, 0.05) is 0 Å². The minimum absolute atomic E-state index is 0.138. The van der Waals surface area contributed by atoms with E-state index < -0.39 is 0 Å². The van der Waals surface area contributed by atoms with Crippen molar-refractivity contribution in [3.63, 3.8) is 0 Å². The van der Waals surface area contributed by atoms with Crippen LogP contribution in [0.2, 0.25) is 0 Å². The summed E-state index contributed by atoms with van der Waals surface area (Å²) in [5.41, 5.74) is 6.67. The zero-order chi connectivity index (χ0) is 15.6. The molecule has 0 spiro atoms. The maximum absolute atomic E-state index is 2.29. The van der Waals surface area contributed by atoms with Gasteiger partial charge in [-0.3, -0.25) is 0 Å². The molecule has 0 fully saturated rings. The lowest BCUT2D eigenvalue weighted by atomic mass is 9.81. The molecule has 0 saturated heterocycles. The Kier molecular flexibility index (Phi) is 3.85. The molecule has 0 unspecified atom stereocenters. The van der Waals surface area contributed by atoms with Crippen molar-refractivity contribution in [1.29, 1.82) is 0 Å². The summed E-state index contributed by atoms with van der Waals surface area (Å²) < 4.78 is 0. The molecule has 22 heavy (non-hydrogen) atoms. The van der Waals surface area contributed by atoms with Gasteiger partial charge < -0.3 is 0 Å². The van der Waals surface area contributed by atoms with Crippen LogP contribution < -0.4 is 0 Å². The third kappa shape index (κ3) is 2.96. The van der Waals surface area contributed by atoms with Crippen LogP contribution in [0.15, 0.2) is 78.9 Å². The summed E-state index contributed by atoms with van der Waals surface area (Å²) in [6.07, 6.45) is 0. The second kappa shape index (κ2) is 5.81. The quantitative estimate of drug-likeness (QED) is 0.517. The van der Waals surface area contributed by atoms with E-state index in [-0.39, 0.29) is 5.41 Å². The topological polar surface area (TPSA) is 0 Å². The van der Waals surface area contributed by atoms with Crippen molar-refractivity contribution in [2.45, 2.75) is 26.2 Å². The molecule has 0 aliphatic heterocycles. The van der Waals surface area contributed by atoms with Gasteiger partial charge in [-0.05, 0) is 39.3 Å². The van der Waals surface area contributed by atoms with Crippen molar-refractivity contribution in [3.8, 4) is 22.3 Å². The van der Waals surface area contributed by atoms with E-state index in [1.165, 1.54) is 27.8 Å². The Morgan fingerprint density at radius 1 is 0.545 bits per heavy atom. The van der Waals surface area contributed by atoms with E-state index in [1.807, 2.05) is 0 Å². The van der Waals surface area contributed by atoms with Crippen LogP contribution in [0.1, 0.15) is 26.3 Å². The summed E-state index contributed by atoms with van der Waals surface area (Å²) in [6.45, 7) is 6.81. The van der Waals surface area contributed by atoms with Gasteiger partial charge in [0.05, 0.1) is 0 Å². The maximum Gasteiger partial charge on any atom is -0.0126 e. The first-order chi connectivity index (χ1) is 10.6. The molecule has 0 N–H and O–H groups in total. The zero-order valence-electron chi connectivity index (χ0n) is 13.5. The minimum atomic E-state index is 0.138. The Morgan fingerprint density at radius 3 is 1.86 bits per heavy atom. The van der Waals surface area contributed by atoms with Gasteiger partial charge in [-0.25, -0.2) is 0 Å². The normalized spacial score (nSPS) is 11.4. The molecule has 0 aromatic heterocycles. The zero-order valence-corrected chi connectivity index (χ0v) is 13.5. The summed E-state index contributed by atoms with van der Waals surface area (Å²) in [7, 11) is 0. The fraction of sp³-hybridized carbons (Fsp3) is 0.182. The Labute approximate surface area is 133 Å². The van der Waals surface area contributed by atoms with Crippen LogP contribution in [0.4, 0.5) is 0 Å². The highest BCUT2D eigenvalue weighted by Gasteiger charge is 2.18. The number of hydrogen-bond acceptors (Lipinski definition) is 0. The van der Waals surface area contributed by atoms with Crippen LogP contribution in [-0.2, 0) is 5.41 Å². The molecule has 3 rings (SSSR count). The van der Waals surface area contributed by atoms with Crippen molar-refractivity contribution in [2.24, 2.45) is 0 Å². The second-order valence-electron chi connectivity index (χ2n) is 6.74. The molecule has 110 valence electrons. The molecule has 0 saturated carbocycles. The van der Waals surface area contributed by atoms with Gasteiger partial charge >= 0.3 is 0 Å². The molecule has 0 heterocycles. The van der Waals surface area contributed by atoms with E-state index in [1.54, 1.807) is 0 Å². The molecule has 3 aromatic carbocycles. The monoisotopic (exact) mass is 286 g/mol. The van der Waals surface area contributed by atoms with Gasteiger partial charge in [0.25, 0.3) is 0 Å². The van der Waals surface area contributed by atoms with Crippen LogP contribution in [0, 0.1) is 0 Å². The molecular formula is C22H22. The van der Waals surface area contributed by atoms with Gasteiger partial charge in [0.1, 0.15) is 0 Å². The fourth-order valence-electron chi connectivity index (χ4n) is 2.89. The first kappa shape index (κ1) is 14.6. The van der Waals surface area contributed by atoms with Gasteiger partial charge in [0.2, 0.25) is 0 Å². The van der Waals surface area contributed by atoms with E-state index in [2.05, 4.69) is 99.6 Å². The lowest BCUT2D eigenvalue weighted by molar-refractivity contribution is 0.592. The lowest BCUT2D eigenvalue weighted by Crippen LogP contribution is -2.12. The van der Waals surface area contributed by atoms with E-state index >= 15 is 0 Å². The average molecular weight is 286 g/mol. The third-order valence-electron chi connectivity index (χ3n) is 4.02. The van der Waals surface area contributed by atoms with Gasteiger partial charge in [-0.15, -0.1) is 0 Å². The van der Waals surface area contributed by atoms with Crippen molar-refractivity contribution in [3.05, 3.63) is 84.4 Å². The average Bonchev–Trinajstić information content (AvgIpc) is 2.55. The highest BCUT2D eigenvalue weighted by molar-refractivity contribution is 5.75. The molecule has 0 nitrogen and oxygen atoms in total. The van der Waals surface area contributed by atoms with E-state index in [4.69, 9.17) is 0 Å². The second-order valence-corrected chi connectivity index (χ2v) is 6.74. The van der Waals surface area contributed by atoms with Gasteiger partial charge in [-0.1, -0.05) is 93.6 Å². The molecule has 3 aromatic rings. The predicted molar refractivity (Wildman–Crippen MR) is 96.0 cm³/mol. The fourth-order valence-corrected chi connectivity index (χ4v) is 2.89. The highest BCUT2D eigenvalue weighted by atomic mass is 14.2. The Balaban J connectivity index is 2.11. The van der Waals surface area contributed by atoms with Crippen LogP contribution >= 0.6 is 0 Å². The molecule has 0 aliphatic carbocycles. The Hall–Kier alpha value is -2.34. The Bertz CT molecular complexity index is 761. The first-order valence-corrected chi connectivity index (χ1v) is 7.81. The molecular weight excluding hydrogens is 264 g/mol. The summed E-state index contributed by atoms with van der Waals surface area (Å²) >= 11 is 0. The molecule has 0 amide bonds. The van der Waals surface area contributed by atoms with E-state index in [9.17, 15) is 0 Å². The van der Waals surface area contributed by atoms with Crippen LogP contribution in [0.25, 0.3) is 22.3 Å². The number of hydrogen-bond donors (Lipinski definition) is 0. The van der Waals surface area contributed by atoms with Crippen LogP contribution in [0.3, 0.4) is 0 Å². The van der Waals surface area contributed by atoms with Gasteiger partial charge in [-0.2, -0.15) is 0 Å². The smallest absolute Gasteiger partial charge is 0.0126 e. The van der Waals surface area contributed by atoms with Crippen LogP contribution in [-0.4, -0.2) is 0 Å². The summed E-state index contributed by atoms with van der Waals surface area (Å²) in [6, 6.07) is 28.1. The largest absolute Gasteiger partial charge is 0.0622 e.